The van der Waals surface area contributed by atoms with Crippen LogP contribution >= 0.6 is 23.8 Å². The molecule has 0 radical (unpaired) electrons. The van der Waals surface area contributed by atoms with Crippen molar-refractivity contribution in [3.8, 4) is 0 Å². The second-order valence-electron chi connectivity index (χ2n) is 7.40. The van der Waals surface area contributed by atoms with Gasteiger partial charge < -0.3 is 4.90 Å². The fourth-order valence-electron chi connectivity index (χ4n) is 2.84. The summed E-state index contributed by atoms with van der Waals surface area (Å²) in [6.45, 7) is 9.59. The summed E-state index contributed by atoms with van der Waals surface area (Å²) in [4.78, 5) is 16.7. The molecule has 1 aliphatic rings. The third kappa shape index (κ3) is 4.13. The molecule has 0 N–H and O–H groups in total. The van der Waals surface area contributed by atoms with Crippen LogP contribution in [0.3, 0.4) is 0 Å². The largest absolute Gasteiger partial charge is 0.336 e. The molecule has 0 atom stereocenters. The number of carbonyl (C=O) groups excluding carboxylic acids is 1. The van der Waals surface area contributed by atoms with Crippen molar-refractivity contribution in [3.63, 3.8) is 0 Å². The molecule has 26 heavy (non-hydrogen) atoms. The lowest BCUT2D eigenvalue weighted by molar-refractivity contribution is 0.0584. The minimum atomic E-state index is -0.195. The topological polar surface area (TPSA) is 59.2 Å². The molecule has 1 fully saturated rings. The third-order valence-electron chi connectivity index (χ3n) is 4.36. The quantitative estimate of drug-likeness (QED) is 0.749. The first kappa shape index (κ1) is 19.0. The maximum absolute atomic E-state index is 12.6. The van der Waals surface area contributed by atoms with Gasteiger partial charge in [0.25, 0.3) is 5.91 Å². The van der Waals surface area contributed by atoms with Crippen molar-refractivity contribution in [1.82, 2.24) is 29.6 Å². The van der Waals surface area contributed by atoms with Gasteiger partial charge in [0.2, 0.25) is 4.77 Å². The van der Waals surface area contributed by atoms with Crippen molar-refractivity contribution in [2.45, 2.75) is 33.0 Å². The summed E-state index contributed by atoms with van der Waals surface area (Å²) in [7, 11) is 0. The van der Waals surface area contributed by atoms with Crippen molar-refractivity contribution in [2.75, 3.05) is 26.2 Å². The number of amides is 1. The van der Waals surface area contributed by atoms with Crippen LogP contribution in [0.2, 0.25) is 5.02 Å². The van der Waals surface area contributed by atoms with Gasteiger partial charge in [-0.25, -0.2) is 9.36 Å². The van der Waals surface area contributed by atoms with Crippen molar-refractivity contribution in [3.05, 3.63) is 39.6 Å². The summed E-state index contributed by atoms with van der Waals surface area (Å²) in [6.07, 6.45) is 0. The second-order valence-corrected chi connectivity index (χ2v) is 8.20. The van der Waals surface area contributed by atoms with Gasteiger partial charge in [0, 0.05) is 36.8 Å². The smallest absolute Gasteiger partial charge is 0.253 e. The zero-order valence-corrected chi connectivity index (χ0v) is 16.8. The number of carbonyl (C=O) groups is 1. The SMILES string of the molecule is CC(C)(C)n1nnn(CN2CCN(C(=O)c3ccc(Cl)cc3)CC2)c1=S. The minimum Gasteiger partial charge on any atom is -0.336 e. The first-order chi connectivity index (χ1) is 12.3. The van der Waals surface area contributed by atoms with Crippen LogP contribution in [0.5, 0.6) is 0 Å². The average Bonchev–Trinajstić information content (AvgIpc) is 2.96. The standard InChI is InChI=1S/C17H23ClN6OS/c1-17(2,3)24-16(26)23(19-20-24)12-21-8-10-22(11-9-21)15(25)13-4-6-14(18)7-5-13/h4-7H,8-12H2,1-3H3. The highest BCUT2D eigenvalue weighted by Crippen LogP contribution is 2.14. The van der Waals surface area contributed by atoms with Crippen LogP contribution in [0.1, 0.15) is 31.1 Å². The van der Waals surface area contributed by atoms with Crippen molar-refractivity contribution < 1.29 is 4.79 Å². The highest BCUT2D eigenvalue weighted by molar-refractivity contribution is 7.71. The number of tetrazole rings is 1. The average molecular weight is 395 g/mol. The van der Waals surface area contributed by atoms with Crippen LogP contribution in [-0.4, -0.2) is 61.7 Å². The number of piperazine rings is 1. The zero-order chi connectivity index (χ0) is 18.9. The lowest BCUT2D eigenvalue weighted by Crippen LogP contribution is -2.49. The number of halogens is 1. The van der Waals surface area contributed by atoms with E-state index in [2.05, 4.69) is 15.3 Å². The Hall–Kier alpha value is -1.77. The Bertz CT molecular complexity index is 830. The molecule has 9 heteroatoms. The summed E-state index contributed by atoms with van der Waals surface area (Å²) in [5.74, 6) is 0.0385. The summed E-state index contributed by atoms with van der Waals surface area (Å²) < 4.78 is 4.09. The van der Waals surface area contributed by atoms with E-state index >= 15 is 0 Å². The molecule has 1 amide bonds. The van der Waals surface area contributed by atoms with E-state index in [9.17, 15) is 4.79 Å². The fourth-order valence-corrected chi connectivity index (χ4v) is 3.37. The van der Waals surface area contributed by atoms with Crippen molar-refractivity contribution in [2.24, 2.45) is 0 Å². The molecular weight excluding hydrogens is 372 g/mol. The Balaban J connectivity index is 1.59. The summed E-state index contributed by atoms with van der Waals surface area (Å²) in [5, 5.41) is 8.97. The normalized spacial score (nSPS) is 16.1. The first-order valence-corrected chi connectivity index (χ1v) is 9.35. The van der Waals surface area contributed by atoms with Crippen molar-refractivity contribution in [1.29, 1.82) is 0 Å². The number of nitrogens with zero attached hydrogens (tertiary/aromatic N) is 6. The lowest BCUT2D eigenvalue weighted by Gasteiger charge is -2.34. The number of hydrogen-bond acceptors (Lipinski definition) is 5. The number of benzene rings is 1. The van der Waals surface area contributed by atoms with Gasteiger partial charge in [0.05, 0.1) is 12.2 Å². The summed E-state index contributed by atoms with van der Waals surface area (Å²) in [5.41, 5.74) is 0.470. The minimum absolute atomic E-state index is 0.0385. The Kier molecular flexibility index (Phi) is 5.45. The van der Waals surface area contributed by atoms with Gasteiger partial charge in [-0.3, -0.25) is 9.69 Å². The molecule has 1 aromatic carbocycles. The van der Waals surface area contributed by atoms with Gasteiger partial charge in [-0.1, -0.05) is 11.6 Å². The monoisotopic (exact) mass is 394 g/mol. The van der Waals surface area contributed by atoms with Crippen molar-refractivity contribution >= 4 is 29.7 Å². The van der Waals surface area contributed by atoms with Crippen LogP contribution in [0.15, 0.2) is 24.3 Å². The number of aromatic nitrogens is 4. The highest BCUT2D eigenvalue weighted by atomic mass is 35.5. The first-order valence-electron chi connectivity index (χ1n) is 8.56. The van der Waals surface area contributed by atoms with Gasteiger partial charge in [0.15, 0.2) is 0 Å². The molecule has 140 valence electrons. The molecule has 1 aromatic heterocycles. The number of hydrogen-bond donors (Lipinski definition) is 0. The summed E-state index contributed by atoms with van der Waals surface area (Å²) >= 11 is 11.4. The van der Waals surface area contributed by atoms with E-state index in [-0.39, 0.29) is 11.4 Å². The second kappa shape index (κ2) is 7.46. The van der Waals surface area contributed by atoms with Gasteiger partial charge in [-0.05, 0) is 67.7 Å². The Morgan fingerprint density at radius 3 is 2.27 bits per heavy atom. The number of rotatable bonds is 3. The Morgan fingerprint density at radius 2 is 1.73 bits per heavy atom. The van der Waals surface area contributed by atoms with E-state index in [1.165, 1.54) is 0 Å². The Morgan fingerprint density at radius 1 is 1.12 bits per heavy atom. The molecular formula is C17H23ClN6OS. The maximum Gasteiger partial charge on any atom is 0.253 e. The highest BCUT2D eigenvalue weighted by Gasteiger charge is 2.24. The van der Waals surface area contributed by atoms with E-state index in [0.717, 1.165) is 13.1 Å². The molecule has 0 spiro atoms. The van der Waals surface area contributed by atoms with Gasteiger partial charge >= 0.3 is 0 Å². The molecule has 2 heterocycles. The molecule has 0 aliphatic carbocycles. The maximum atomic E-state index is 12.6. The molecule has 7 nitrogen and oxygen atoms in total. The van der Waals surface area contributed by atoms with E-state index in [4.69, 9.17) is 23.8 Å². The van der Waals surface area contributed by atoms with Crippen LogP contribution in [0.4, 0.5) is 0 Å². The van der Waals surface area contributed by atoms with E-state index in [1.54, 1.807) is 33.6 Å². The predicted octanol–water partition coefficient (Wildman–Crippen LogP) is 2.63. The van der Waals surface area contributed by atoms with Crippen LogP contribution < -0.4 is 0 Å². The van der Waals surface area contributed by atoms with E-state index < -0.39 is 0 Å². The predicted molar refractivity (Wildman–Crippen MR) is 103 cm³/mol. The molecule has 2 aromatic rings. The zero-order valence-electron chi connectivity index (χ0n) is 15.2. The molecule has 3 rings (SSSR count). The Labute approximate surface area is 163 Å². The molecule has 1 aliphatic heterocycles. The third-order valence-corrected chi connectivity index (χ3v) is 5.00. The van der Waals surface area contributed by atoms with Crippen LogP contribution in [0, 0.1) is 4.77 Å². The molecule has 0 saturated carbocycles. The van der Waals surface area contributed by atoms with Crippen LogP contribution in [-0.2, 0) is 12.2 Å². The van der Waals surface area contributed by atoms with Gasteiger partial charge in [0.1, 0.15) is 0 Å². The fraction of sp³-hybridized carbons (Fsp3) is 0.529. The van der Waals surface area contributed by atoms with Crippen LogP contribution in [0.25, 0.3) is 0 Å². The molecule has 0 unspecified atom stereocenters. The summed E-state index contributed by atoms with van der Waals surface area (Å²) in [6, 6.07) is 7.01. The van der Waals surface area contributed by atoms with Gasteiger partial charge in [-0.15, -0.1) is 0 Å². The van der Waals surface area contributed by atoms with E-state index in [0.29, 0.717) is 35.1 Å². The van der Waals surface area contributed by atoms with Gasteiger partial charge in [-0.2, -0.15) is 0 Å². The van der Waals surface area contributed by atoms with E-state index in [1.807, 2.05) is 25.7 Å². The molecule has 1 saturated heterocycles. The lowest BCUT2D eigenvalue weighted by atomic mass is 10.1. The molecule has 0 bridgehead atoms.